The summed E-state index contributed by atoms with van der Waals surface area (Å²) in [6, 6.07) is 0.732. The van der Waals surface area contributed by atoms with Gasteiger partial charge in [-0.25, -0.2) is 0 Å². The predicted molar refractivity (Wildman–Crippen MR) is 80.1 cm³/mol. The standard InChI is InChI=1S/C15H26N4O/c1-4-13-10-19(7-8-20-13)15-14(9-16-12-5-6-12)11(2)17-18(15)3/h12-13,16H,4-10H2,1-3H3. The maximum absolute atomic E-state index is 5.79. The van der Waals surface area contributed by atoms with Crippen molar-refractivity contribution in [3.8, 4) is 0 Å². The van der Waals surface area contributed by atoms with E-state index < -0.39 is 0 Å². The predicted octanol–water partition coefficient (Wildman–Crippen LogP) is 1.60. The molecule has 1 aliphatic heterocycles. The number of anilines is 1. The molecule has 1 saturated carbocycles. The molecule has 0 amide bonds. The molecule has 1 saturated heterocycles. The monoisotopic (exact) mass is 278 g/mol. The third kappa shape index (κ3) is 2.83. The quantitative estimate of drug-likeness (QED) is 0.888. The Bertz CT molecular complexity index is 467. The highest BCUT2D eigenvalue weighted by atomic mass is 16.5. The van der Waals surface area contributed by atoms with E-state index in [-0.39, 0.29) is 0 Å². The highest BCUT2D eigenvalue weighted by Crippen LogP contribution is 2.27. The number of aromatic nitrogens is 2. The maximum atomic E-state index is 5.79. The Morgan fingerprint density at radius 2 is 2.20 bits per heavy atom. The number of hydrogen-bond acceptors (Lipinski definition) is 4. The Labute approximate surface area is 121 Å². The summed E-state index contributed by atoms with van der Waals surface area (Å²) in [7, 11) is 2.05. The Hall–Kier alpha value is -1.07. The van der Waals surface area contributed by atoms with Gasteiger partial charge in [0.2, 0.25) is 0 Å². The van der Waals surface area contributed by atoms with Gasteiger partial charge in [0.15, 0.2) is 0 Å². The molecule has 0 bridgehead atoms. The minimum absolute atomic E-state index is 0.350. The lowest BCUT2D eigenvalue weighted by Gasteiger charge is -2.34. The van der Waals surface area contributed by atoms with Crippen molar-refractivity contribution in [2.24, 2.45) is 7.05 Å². The van der Waals surface area contributed by atoms with Crippen molar-refractivity contribution in [1.29, 1.82) is 0 Å². The fraction of sp³-hybridized carbons (Fsp3) is 0.800. The zero-order valence-corrected chi connectivity index (χ0v) is 12.9. The maximum Gasteiger partial charge on any atom is 0.131 e. The van der Waals surface area contributed by atoms with Gasteiger partial charge < -0.3 is 15.0 Å². The van der Waals surface area contributed by atoms with Crippen LogP contribution in [0.5, 0.6) is 0 Å². The van der Waals surface area contributed by atoms with Gasteiger partial charge >= 0.3 is 0 Å². The van der Waals surface area contributed by atoms with Crippen LogP contribution < -0.4 is 10.2 Å². The third-order valence-electron chi connectivity index (χ3n) is 4.35. The topological polar surface area (TPSA) is 42.3 Å². The summed E-state index contributed by atoms with van der Waals surface area (Å²) in [5.41, 5.74) is 2.51. The molecule has 1 unspecified atom stereocenters. The second kappa shape index (κ2) is 5.74. The van der Waals surface area contributed by atoms with Crippen LogP contribution in [0, 0.1) is 6.92 Å². The van der Waals surface area contributed by atoms with Crippen molar-refractivity contribution in [2.75, 3.05) is 24.6 Å². The van der Waals surface area contributed by atoms with E-state index in [9.17, 15) is 0 Å². The van der Waals surface area contributed by atoms with Crippen LogP contribution in [0.25, 0.3) is 0 Å². The summed E-state index contributed by atoms with van der Waals surface area (Å²) in [5.74, 6) is 1.28. The van der Waals surface area contributed by atoms with Crippen LogP contribution in [0.1, 0.15) is 37.4 Å². The lowest BCUT2D eigenvalue weighted by Crippen LogP contribution is -2.43. The van der Waals surface area contributed by atoms with Crippen LogP contribution in [0.4, 0.5) is 5.82 Å². The number of morpholine rings is 1. The van der Waals surface area contributed by atoms with Crippen molar-refractivity contribution in [1.82, 2.24) is 15.1 Å². The second-order valence-electron chi connectivity index (χ2n) is 6.01. The molecular weight excluding hydrogens is 252 g/mol. The van der Waals surface area contributed by atoms with Gasteiger partial charge in [-0.2, -0.15) is 5.10 Å². The zero-order valence-electron chi connectivity index (χ0n) is 12.9. The van der Waals surface area contributed by atoms with E-state index in [1.807, 2.05) is 4.68 Å². The molecule has 20 heavy (non-hydrogen) atoms. The highest BCUT2D eigenvalue weighted by molar-refractivity contribution is 5.50. The third-order valence-corrected chi connectivity index (χ3v) is 4.35. The Morgan fingerprint density at radius 1 is 1.40 bits per heavy atom. The molecule has 0 radical (unpaired) electrons. The molecule has 2 heterocycles. The van der Waals surface area contributed by atoms with Crippen LogP contribution in [-0.4, -0.2) is 41.6 Å². The minimum atomic E-state index is 0.350. The largest absolute Gasteiger partial charge is 0.375 e. The summed E-state index contributed by atoms with van der Waals surface area (Å²) < 4.78 is 7.83. The van der Waals surface area contributed by atoms with E-state index in [1.54, 1.807) is 0 Å². The molecule has 0 spiro atoms. The van der Waals surface area contributed by atoms with Gasteiger partial charge in [0.05, 0.1) is 18.4 Å². The molecule has 2 aliphatic rings. The lowest BCUT2D eigenvalue weighted by molar-refractivity contribution is 0.0379. The number of rotatable bonds is 5. The van der Waals surface area contributed by atoms with E-state index in [4.69, 9.17) is 4.74 Å². The summed E-state index contributed by atoms with van der Waals surface area (Å²) in [6.07, 6.45) is 4.07. The van der Waals surface area contributed by atoms with E-state index >= 15 is 0 Å². The van der Waals surface area contributed by atoms with Crippen LogP contribution in [0.3, 0.4) is 0 Å². The van der Waals surface area contributed by atoms with Crippen LogP contribution in [-0.2, 0) is 18.3 Å². The summed E-state index contributed by atoms with van der Waals surface area (Å²) in [5, 5.41) is 8.25. The average molecular weight is 278 g/mol. The molecule has 1 atom stereocenters. The van der Waals surface area contributed by atoms with Crippen molar-refractivity contribution in [3.05, 3.63) is 11.3 Å². The first-order valence-corrected chi connectivity index (χ1v) is 7.81. The van der Waals surface area contributed by atoms with Crippen molar-refractivity contribution < 1.29 is 4.74 Å². The van der Waals surface area contributed by atoms with Gasteiger partial charge in [-0.15, -0.1) is 0 Å². The number of nitrogens with zero attached hydrogens (tertiary/aromatic N) is 3. The van der Waals surface area contributed by atoms with E-state index in [0.717, 1.165) is 44.4 Å². The summed E-state index contributed by atoms with van der Waals surface area (Å²) >= 11 is 0. The Kier molecular flexibility index (Phi) is 3.98. The van der Waals surface area contributed by atoms with Crippen LogP contribution in [0.2, 0.25) is 0 Å². The van der Waals surface area contributed by atoms with Gasteiger partial charge in [-0.05, 0) is 26.2 Å². The molecule has 1 aromatic heterocycles. The molecule has 1 N–H and O–H groups in total. The van der Waals surface area contributed by atoms with Gasteiger partial charge in [0.1, 0.15) is 5.82 Å². The number of aryl methyl sites for hydroxylation is 2. The van der Waals surface area contributed by atoms with E-state index in [2.05, 4.69) is 36.2 Å². The summed E-state index contributed by atoms with van der Waals surface area (Å²) in [6.45, 7) is 8.01. The van der Waals surface area contributed by atoms with Crippen molar-refractivity contribution >= 4 is 5.82 Å². The summed E-state index contributed by atoms with van der Waals surface area (Å²) in [4.78, 5) is 2.45. The molecular formula is C15H26N4O. The minimum Gasteiger partial charge on any atom is -0.375 e. The number of ether oxygens (including phenoxy) is 1. The fourth-order valence-corrected chi connectivity index (χ4v) is 2.98. The van der Waals surface area contributed by atoms with Crippen molar-refractivity contribution in [2.45, 2.75) is 51.8 Å². The average Bonchev–Trinajstić information content (AvgIpc) is 3.22. The molecule has 0 aromatic carbocycles. The molecule has 112 valence electrons. The first-order chi connectivity index (χ1) is 9.69. The lowest BCUT2D eigenvalue weighted by atomic mass is 10.2. The number of hydrogen-bond donors (Lipinski definition) is 1. The Morgan fingerprint density at radius 3 is 2.90 bits per heavy atom. The van der Waals surface area contributed by atoms with Crippen molar-refractivity contribution in [3.63, 3.8) is 0 Å². The molecule has 1 aromatic rings. The second-order valence-corrected chi connectivity index (χ2v) is 6.01. The smallest absolute Gasteiger partial charge is 0.131 e. The molecule has 2 fully saturated rings. The fourth-order valence-electron chi connectivity index (χ4n) is 2.98. The normalized spacial score (nSPS) is 23.4. The van der Waals surface area contributed by atoms with Gasteiger partial charge in [0.25, 0.3) is 0 Å². The Balaban J connectivity index is 1.79. The SMILES string of the molecule is CCC1CN(c2c(CNC3CC3)c(C)nn2C)CCO1. The van der Waals surface area contributed by atoms with Crippen LogP contribution >= 0.6 is 0 Å². The molecule has 5 nitrogen and oxygen atoms in total. The highest BCUT2D eigenvalue weighted by Gasteiger charge is 2.27. The molecule has 3 rings (SSSR count). The van der Waals surface area contributed by atoms with Crippen LogP contribution in [0.15, 0.2) is 0 Å². The van der Waals surface area contributed by atoms with Gasteiger partial charge in [-0.1, -0.05) is 6.92 Å². The van der Waals surface area contributed by atoms with E-state index in [0.29, 0.717) is 6.10 Å². The van der Waals surface area contributed by atoms with E-state index in [1.165, 1.54) is 24.2 Å². The molecule has 1 aliphatic carbocycles. The zero-order chi connectivity index (χ0) is 14.1. The van der Waals surface area contributed by atoms with Gasteiger partial charge in [0, 0.05) is 38.3 Å². The first-order valence-electron chi connectivity index (χ1n) is 7.81. The number of nitrogens with one attached hydrogen (secondary N) is 1. The molecule has 5 heteroatoms. The first kappa shape index (κ1) is 13.9. The van der Waals surface area contributed by atoms with Gasteiger partial charge in [-0.3, -0.25) is 4.68 Å².